The predicted molar refractivity (Wildman–Crippen MR) is 103 cm³/mol. The standard InChI is InChI=1S/C21H22FN3O3/c1-15-2-4-16(5-3-15)19-14-21(28-24-19)10-12-25(13-11-21)27-20(26)23-18-8-6-17(22)7-9-18/h2-9H,10-14H2,1H3,(H,23,26). The van der Waals surface area contributed by atoms with Crippen LogP contribution in [-0.4, -0.2) is 35.6 Å². The van der Waals surface area contributed by atoms with Crippen LogP contribution in [0.5, 0.6) is 0 Å². The van der Waals surface area contributed by atoms with E-state index < -0.39 is 6.09 Å². The molecule has 2 aliphatic rings. The van der Waals surface area contributed by atoms with Crippen LogP contribution in [0, 0.1) is 12.7 Å². The normalized spacial score (nSPS) is 18.4. The van der Waals surface area contributed by atoms with Gasteiger partial charge in [-0.1, -0.05) is 35.0 Å². The van der Waals surface area contributed by atoms with Gasteiger partial charge in [-0.25, -0.2) is 9.18 Å². The summed E-state index contributed by atoms with van der Waals surface area (Å²) in [6, 6.07) is 13.8. The molecule has 0 saturated carbocycles. The van der Waals surface area contributed by atoms with E-state index in [4.69, 9.17) is 9.68 Å². The first-order valence-electron chi connectivity index (χ1n) is 9.33. The molecule has 1 N–H and O–H groups in total. The number of benzene rings is 2. The molecule has 0 bridgehead atoms. The zero-order valence-corrected chi connectivity index (χ0v) is 15.7. The number of piperidine rings is 1. The number of amides is 1. The predicted octanol–water partition coefficient (Wildman–Crippen LogP) is 4.26. The highest BCUT2D eigenvalue weighted by Gasteiger charge is 2.43. The van der Waals surface area contributed by atoms with Gasteiger partial charge in [0, 0.05) is 38.0 Å². The number of oxime groups is 1. The van der Waals surface area contributed by atoms with Crippen LogP contribution in [0.25, 0.3) is 0 Å². The minimum atomic E-state index is -0.591. The van der Waals surface area contributed by atoms with Gasteiger partial charge in [0.05, 0.1) is 5.71 Å². The molecule has 0 atom stereocenters. The SMILES string of the molecule is Cc1ccc(C2=NOC3(CCN(OC(=O)Nc4ccc(F)cc4)CC3)C2)cc1. The van der Waals surface area contributed by atoms with Crippen LogP contribution in [0.15, 0.2) is 53.7 Å². The van der Waals surface area contributed by atoms with Crippen molar-refractivity contribution in [3.05, 3.63) is 65.5 Å². The summed E-state index contributed by atoms with van der Waals surface area (Å²) in [4.78, 5) is 23.2. The van der Waals surface area contributed by atoms with Crippen LogP contribution >= 0.6 is 0 Å². The summed E-state index contributed by atoms with van der Waals surface area (Å²) in [5.41, 5.74) is 3.41. The Balaban J connectivity index is 1.27. The lowest BCUT2D eigenvalue weighted by atomic mass is 9.86. The van der Waals surface area contributed by atoms with Gasteiger partial charge in [0.2, 0.25) is 0 Å². The molecule has 6 nitrogen and oxygen atoms in total. The Labute approximate surface area is 162 Å². The number of hydrogen-bond donors (Lipinski definition) is 1. The number of aryl methyl sites for hydroxylation is 1. The van der Waals surface area contributed by atoms with Crippen LogP contribution in [0.2, 0.25) is 0 Å². The number of hydroxylamine groups is 2. The molecule has 2 heterocycles. The largest absolute Gasteiger partial charge is 0.430 e. The summed E-state index contributed by atoms with van der Waals surface area (Å²) in [5, 5.41) is 8.52. The van der Waals surface area contributed by atoms with Gasteiger partial charge in [0.25, 0.3) is 0 Å². The molecule has 1 amide bonds. The van der Waals surface area contributed by atoms with Crippen molar-refractivity contribution in [3.8, 4) is 0 Å². The van der Waals surface area contributed by atoms with E-state index in [1.165, 1.54) is 29.8 Å². The Morgan fingerprint density at radius 2 is 1.82 bits per heavy atom. The van der Waals surface area contributed by atoms with Crippen molar-refractivity contribution in [2.24, 2.45) is 5.16 Å². The number of carbonyl (C=O) groups is 1. The summed E-state index contributed by atoms with van der Waals surface area (Å²) >= 11 is 0. The Kier molecular flexibility index (Phi) is 5.00. The molecule has 1 fully saturated rings. The second kappa shape index (κ2) is 7.59. The summed E-state index contributed by atoms with van der Waals surface area (Å²) in [6.45, 7) is 3.18. The number of halogens is 1. The van der Waals surface area contributed by atoms with Crippen molar-refractivity contribution >= 4 is 17.5 Å². The molecule has 146 valence electrons. The topological polar surface area (TPSA) is 63.2 Å². The number of carbonyl (C=O) groups excluding carboxylic acids is 1. The molecule has 4 rings (SSSR count). The van der Waals surface area contributed by atoms with E-state index in [1.54, 1.807) is 5.06 Å². The fourth-order valence-electron chi connectivity index (χ4n) is 3.47. The fourth-order valence-corrected chi connectivity index (χ4v) is 3.47. The summed E-state index contributed by atoms with van der Waals surface area (Å²) in [6.07, 6.45) is 1.60. The molecule has 7 heteroatoms. The maximum Gasteiger partial charge on any atom is 0.430 e. The van der Waals surface area contributed by atoms with E-state index >= 15 is 0 Å². The molecule has 1 saturated heterocycles. The van der Waals surface area contributed by atoms with E-state index in [0.29, 0.717) is 18.8 Å². The number of nitrogens with one attached hydrogen (secondary N) is 1. The van der Waals surface area contributed by atoms with Crippen molar-refractivity contribution < 1.29 is 18.9 Å². The van der Waals surface area contributed by atoms with Crippen LogP contribution in [0.3, 0.4) is 0 Å². The Morgan fingerprint density at radius 3 is 2.50 bits per heavy atom. The highest BCUT2D eigenvalue weighted by atomic mass is 19.1. The van der Waals surface area contributed by atoms with Gasteiger partial charge < -0.3 is 9.68 Å². The molecule has 28 heavy (non-hydrogen) atoms. The third kappa shape index (κ3) is 4.14. The Morgan fingerprint density at radius 1 is 1.14 bits per heavy atom. The number of rotatable bonds is 3. The maximum absolute atomic E-state index is 12.9. The van der Waals surface area contributed by atoms with Crippen molar-refractivity contribution in [1.29, 1.82) is 0 Å². The molecule has 0 unspecified atom stereocenters. The molecule has 2 aromatic carbocycles. The molecule has 2 aliphatic heterocycles. The van der Waals surface area contributed by atoms with Gasteiger partial charge in [-0.2, -0.15) is 0 Å². The molecular formula is C21H22FN3O3. The molecule has 0 radical (unpaired) electrons. The Bertz CT molecular complexity index is 873. The van der Waals surface area contributed by atoms with Gasteiger partial charge in [-0.3, -0.25) is 5.32 Å². The first-order valence-corrected chi connectivity index (χ1v) is 9.33. The molecule has 1 spiro atoms. The average molecular weight is 383 g/mol. The van der Waals surface area contributed by atoms with E-state index in [-0.39, 0.29) is 11.4 Å². The van der Waals surface area contributed by atoms with Crippen molar-refractivity contribution in [2.45, 2.75) is 31.8 Å². The summed E-state index contributed by atoms with van der Waals surface area (Å²) < 4.78 is 12.9. The van der Waals surface area contributed by atoms with Crippen molar-refractivity contribution in [3.63, 3.8) is 0 Å². The highest BCUT2D eigenvalue weighted by Crippen LogP contribution is 2.36. The smallest absolute Gasteiger partial charge is 0.388 e. The van der Waals surface area contributed by atoms with E-state index in [2.05, 4.69) is 41.7 Å². The first kappa shape index (κ1) is 18.4. The lowest BCUT2D eigenvalue weighted by molar-refractivity contribution is -0.154. The average Bonchev–Trinajstić information content (AvgIpc) is 3.10. The van der Waals surface area contributed by atoms with Gasteiger partial charge in [-0.05, 0) is 36.8 Å². The van der Waals surface area contributed by atoms with E-state index in [0.717, 1.165) is 30.5 Å². The third-order valence-electron chi connectivity index (χ3n) is 5.16. The third-order valence-corrected chi connectivity index (χ3v) is 5.16. The monoisotopic (exact) mass is 383 g/mol. The highest BCUT2D eigenvalue weighted by molar-refractivity contribution is 6.01. The zero-order valence-electron chi connectivity index (χ0n) is 15.7. The number of hydrogen-bond acceptors (Lipinski definition) is 5. The Hall–Kier alpha value is -2.93. The van der Waals surface area contributed by atoms with Crippen LogP contribution in [-0.2, 0) is 9.68 Å². The van der Waals surface area contributed by atoms with E-state index in [9.17, 15) is 9.18 Å². The molecule has 2 aromatic rings. The minimum absolute atomic E-state index is 0.326. The lowest BCUT2D eigenvalue weighted by Crippen LogP contribution is -2.45. The van der Waals surface area contributed by atoms with E-state index in [1.807, 2.05) is 0 Å². The quantitative estimate of drug-likeness (QED) is 0.860. The fraction of sp³-hybridized carbons (Fsp3) is 0.333. The molecular weight excluding hydrogens is 361 g/mol. The maximum atomic E-state index is 12.9. The number of nitrogens with zero attached hydrogens (tertiary/aromatic N) is 2. The lowest BCUT2D eigenvalue weighted by Gasteiger charge is -2.35. The number of anilines is 1. The van der Waals surface area contributed by atoms with Gasteiger partial charge in [-0.15, -0.1) is 5.06 Å². The zero-order chi connectivity index (χ0) is 19.6. The second-order valence-corrected chi connectivity index (χ2v) is 7.29. The van der Waals surface area contributed by atoms with Gasteiger partial charge in [0.1, 0.15) is 11.4 Å². The van der Waals surface area contributed by atoms with Crippen molar-refractivity contribution in [1.82, 2.24) is 5.06 Å². The van der Waals surface area contributed by atoms with Gasteiger partial charge >= 0.3 is 6.09 Å². The molecule has 0 aromatic heterocycles. The summed E-state index contributed by atoms with van der Waals surface area (Å²) in [7, 11) is 0. The molecule has 0 aliphatic carbocycles. The van der Waals surface area contributed by atoms with Crippen LogP contribution in [0.1, 0.15) is 30.4 Å². The van der Waals surface area contributed by atoms with Crippen LogP contribution in [0.4, 0.5) is 14.9 Å². The first-order chi connectivity index (χ1) is 13.5. The second-order valence-electron chi connectivity index (χ2n) is 7.29. The summed E-state index contributed by atoms with van der Waals surface area (Å²) in [5.74, 6) is -0.357. The van der Waals surface area contributed by atoms with Crippen LogP contribution < -0.4 is 5.32 Å². The minimum Gasteiger partial charge on any atom is -0.388 e. The van der Waals surface area contributed by atoms with Gasteiger partial charge in [0.15, 0.2) is 0 Å². The van der Waals surface area contributed by atoms with Crippen molar-refractivity contribution in [2.75, 3.05) is 18.4 Å².